The maximum atomic E-state index is 5.54. The molecule has 2 rings (SSSR count). The Kier molecular flexibility index (Phi) is 3.87. The van der Waals surface area contributed by atoms with Crippen LogP contribution in [0.25, 0.3) is 0 Å². The maximum absolute atomic E-state index is 5.54. The number of hydrogen-bond donors (Lipinski definition) is 1. The minimum atomic E-state index is 0.273. The summed E-state index contributed by atoms with van der Waals surface area (Å²) in [6, 6.07) is 0. The van der Waals surface area contributed by atoms with Gasteiger partial charge in [-0.05, 0) is 12.8 Å². The second-order valence-electron chi connectivity index (χ2n) is 3.45. The van der Waals surface area contributed by atoms with Gasteiger partial charge in [-0.1, -0.05) is 4.49 Å². The molecule has 2 heterocycles. The lowest BCUT2D eigenvalue weighted by Crippen LogP contribution is -2.14. The van der Waals surface area contributed by atoms with E-state index in [2.05, 4.69) is 14.9 Å². The summed E-state index contributed by atoms with van der Waals surface area (Å²) in [5.74, 6) is 0. The van der Waals surface area contributed by atoms with Crippen LogP contribution in [0.2, 0.25) is 0 Å². The number of hydrogen-bond acceptors (Lipinski definition) is 6. The topological polar surface area (TPSA) is 56.3 Å². The molecule has 1 aliphatic rings. The van der Waals surface area contributed by atoms with E-state index in [1.807, 2.05) is 7.05 Å². The summed E-state index contributed by atoms with van der Waals surface area (Å²) in [7, 11) is 1.86. The molecule has 5 nitrogen and oxygen atoms in total. The van der Waals surface area contributed by atoms with Crippen molar-refractivity contribution in [1.29, 1.82) is 0 Å². The van der Waals surface area contributed by atoms with Gasteiger partial charge in [-0.2, -0.15) is 0 Å². The van der Waals surface area contributed by atoms with E-state index < -0.39 is 0 Å². The van der Waals surface area contributed by atoms with Crippen LogP contribution in [0.3, 0.4) is 0 Å². The summed E-state index contributed by atoms with van der Waals surface area (Å²) in [4.78, 5) is 0. The van der Waals surface area contributed by atoms with E-state index in [0.717, 1.165) is 30.1 Å². The molecule has 84 valence electrons. The first-order valence-corrected chi connectivity index (χ1v) is 5.86. The van der Waals surface area contributed by atoms with E-state index in [-0.39, 0.29) is 6.10 Å². The third-order valence-corrected chi connectivity index (χ3v) is 3.13. The zero-order chi connectivity index (χ0) is 10.5. The molecule has 0 aromatic carbocycles. The zero-order valence-electron chi connectivity index (χ0n) is 8.73. The summed E-state index contributed by atoms with van der Waals surface area (Å²) in [6.07, 6.45) is 2.53. The molecule has 1 aromatic heterocycles. The highest BCUT2D eigenvalue weighted by Crippen LogP contribution is 2.18. The van der Waals surface area contributed by atoms with Gasteiger partial charge in [0.15, 0.2) is 0 Å². The van der Waals surface area contributed by atoms with E-state index in [0.29, 0.717) is 13.2 Å². The van der Waals surface area contributed by atoms with Crippen molar-refractivity contribution in [2.75, 3.05) is 25.6 Å². The Morgan fingerprint density at radius 1 is 1.67 bits per heavy atom. The number of nitrogens with one attached hydrogen (secondary N) is 1. The van der Waals surface area contributed by atoms with Gasteiger partial charge in [0, 0.05) is 25.2 Å². The Balaban J connectivity index is 1.73. The molecule has 6 heteroatoms. The number of anilines is 1. The first kappa shape index (κ1) is 10.8. The number of rotatable bonds is 5. The Labute approximate surface area is 92.9 Å². The lowest BCUT2D eigenvalue weighted by atomic mass is 10.2. The van der Waals surface area contributed by atoms with Gasteiger partial charge in [0.1, 0.15) is 10.7 Å². The molecule has 1 aromatic rings. The molecule has 0 aliphatic carbocycles. The highest BCUT2D eigenvalue weighted by molar-refractivity contribution is 7.10. The lowest BCUT2D eigenvalue weighted by Gasteiger charge is -2.09. The average molecular weight is 229 g/mol. The van der Waals surface area contributed by atoms with Crippen LogP contribution in [0, 0.1) is 0 Å². The molecule has 1 saturated heterocycles. The largest absolute Gasteiger partial charge is 0.377 e. The van der Waals surface area contributed by atoms with Gasteiger partial charge in [0.05, 0.1) is 19.3 Å². The smallest absolute Gasteiger partial charge is 0.135 e. The first-order valence-electron chi connectivity index (χ1n) is 5.08. The molecule has 0 bridgehead atoms. The van der Waals surface area contributed by atoms with Crippen LogP contribution in [0.15, 0.2) is 0 Å². The molecular weight excluding hydrogens is 214 g/mol. The van der Waals surface area contributed by atoms with Crippen molar-refractivity contribution in [3.63, 3.8) is 0 Å². The van der Waals surface area contributed by atoms with Crippen molar-refractivity contribution in [2.24, 2.45) is 0 Å². The standard InChI is InChI=1S/C9H15N3O2S/c1-10-9-8(11-12-15-9)6-13-5-7-3-2-4-14-7/h7,10H,2-6H2,1H3. The van der Waals surface area contributed by atoms with Gasteiger partial charge in [0.2, 0.25) is 0 Å². The van der Waals surface area contributed by atoms with E-state index >= 15 is 0 Å². The fourth-order valence-electron chi connectivity index (χ4n) is 1.56. The highest BCUT2D eigenvalue weighted by Gasteiger charge is 2.16. The van der Waals surface area contributed by atoms with E-state index in [4.69, 9.17) is 9.47 Å². The van der Waals surface area contributed by atoms with Crippen molar-refractivity contribution in [2.45, 2.75) is 25.6 Å². The average Bonchev–Trinajstić information content (AvgIpc) is 2.88. The maximum Gasteiger partial charge on any atom is 0.135 e. The Morgan fingerprint density at radius 3 is 3.33 bits per heavy atom. The Morgan fingerprint density at radius 2 is 2.60 bits per heavy atom. The van der Waals surface area contributed by atoms with Crippen LogP contribution in [0.1, 0.15) is 18.5 Å². The Hall–Kier alpha value is -0.720. The van der Waals surface area contributed by atoms with Crippen LogP contribution in [-0.4, -0.2) is 36.0 Å². The first-order chi connectivity index (χ1) is 7.40. The minimum Gasteiger partial charge on any atom is -0.377 e. The monoisotopic (exact) mass is 229 g/mol. The zero-order valence-corrected chi connectivity index (χ0v) is 9.55. The van der Waals surface area contributed by atoms with Crippen molar-refractivity contribution in [3.05, 3.63) is 5.69 Å². The van der Waals surface area contributed by atoms with E-state index in [9.17, 15) is 0 Å². The molecule has 1 fully saturated rings. The molecule has 1 N–H and O–H groups in total. The van der Waals surface area contributed by atoms with E-state index in [1.165, 1.54) is 11.5 Å². The number of aromatic nitrogens is 2. The third kappa shape index (κ3) is 2.87. The van der Waals surface area contributed by atoms with Crippen LogP contribution >= 0.6 is 11.5 Å². The summed E-state index contributed by atoms with van der Waals surface area (Å²) in [5, 5.41) is 8.00. The molecular formula is C9H15N3O2S. The quantitative estimate of drug-likeness (QED) is 0.824. The number of ether oxygens (including phenoxy) is 2. The highest BCUT2D eigenvalue weighted by atomic mass is 32.1. The van der Waals surface area contributed by atoms with Crippen LogP contribution in [0.5, 0.6) is 0 Å². The van der Waals surface area contributed by atoms with E-state index in [1.54, 1.807) is 0 Å². The van der Waals surface area contributed by atoms with Gasteiger partial charge in [-0.25, -0.2) is 0 Å². The molecule has 0 amide bonds. The van der Waals surface area contributed by atoms with Crippen LogP contribution in [0.4, 0.5) is 5.00 Å². The molecule has 1 atom stereocenters. The molecule has 1 unspecified atom stereocenters. The van der Waals surface area contributed by atoms with Gasteiger partial charge < -0.3 is 14.8 Å². The van der Waals surface area contributed by atoms with Gasteiger partial charge in [-0.3, -0.25) is 0 Å². The second kappa shape index (κ2) is 5.39. The van der Waals surface area contributed by atoms with Crippen molar-refractivity contribution < 1.29 is 9.47 Å². The molecule has 0 spiro atoms. The SMILES string of the molecule is CNc1snnc1COCC1CCCO1. The molecule has 0 radical (unpaired) electrons. The second-order valence-corrected chi connectivity index (χ2v) is 4.20. The van der Waals surface area contributed by atoms with Gasteiger partial charge >= 0.3 is 0 Å². The Bertz CT molecular complexity index is 299. The minimum absolute atomic E-state index is 0.273. The fourth-order valence-corrected chi connectivity index (χ4v) is 2.07. The summed E-state index contributed by atoms with van der Waals surface area (Å²) >= 11 is 1.35. The lowest BCUT2D eigenvalue weighted by molar-refractivity contribution is 0.00979. The molecule has 0 saturated carbocycles. The molecule has 1 aliphatic heterocycles. The summed E-state index contributed by atoms with van der Waals surface area (Å²) < 4.78 is 14.9. The molecule has 15 heavy (non-hydrogen) atoms. The fraction of sp³-hybridized carbons (Fsp3) is 0.778. The van der Waals surface area contributed by atoms with Crippen LogP contribution < -0.4 is 5.32 Å². The predicted octanol–water partition coefficient (Wildman–Crippen LogP) is 1.28. The summed E-state index contributed by atoms with van der Waals surface area (Å²) in [6.45, 7) is 2.03. The summed E-state index contributed by atoms with van der Waals surface area (Å²) in [5.41, 5.74) is 0.875. The van der Waals surface area contributed by atoms with Crippen molar-refractivity contribution in [1.82, 2.24) is 9.59 Å². The number of nitrogens with zero attached hydrogens (tertiary/aromatic N) is 2. The van der Waals surface area contributed by atoms with Gasteiger partial charge in [0.25, 0.3) is 0 Å². The van der Waals surface area contributed by atoms with Crippen molar-refractivity contribution >= 4 is 16.5 Å². The van der Waals surface area contributed by atoms with Crippen molar-refractivity contribution in [3.8, 4) is 0 Å². The third-order valence-electron chi connectivity index (χ3n) is 2.35. The normalized spacial score (nSPS) is 20.7. The predicted molar refractivity (Wildman–Crippen MR) is 58.1 cm³/mol. The van der Waals surface area contributed by atoms with Crippen LogP contribution in [-0.2, 0) is 16.1 Å². The van der Waals surface area contributed by atoms with Gasteiger partial charge in [-0.15, -0.1) is 5.10 Å².